The molecule has 23 heteroatoms. The smallest absolute Gasteiger partial charge is 0.326 e. The third-order valence-electron chi connectivity index (χ3n) is 14.4. The normalized spacial score (nSPS) is 26.9. The minimum Gasteiger partial charge on any atom is -0.394 e. The molecule has 0 aromatic heterocycles. The molecule has 12 amide bonds. The zero-order valence-electron chi connectivity index (χ0n) is 51.7. The number of nitrogens with zero attached hydrogens (tertiary/aromatic N) is 6. The fourth-order valence-corrected chi connectivity index (χ4v) is 9.51. The van der Waals surface area contributed by atoms with Crippen LogP contribution in [0.5, 0.6) is 0 Å². The molecule has 23 nitrogen and oxygen atoms in total. The van der Waals surface area contributed by atoms with Crippen LogP contribution in [-0.2, 0) is 47.9 Å². The lowest BCUT2D eigenvalue weighted by atomic mass is 9.96. The zero-order valence-corrected chi connectivity index (χ0v) is 51.7. The van der Waals surface area contributed by atoms with Crippen LogP contribution in [-0.4, -0.2) is 209 Å². The highest BCUT2D eigenvalue weighted by atomic mass is 16.3. The Morgan fingerprint density at radius 2 is 0.658 bits per heavy atom. The summed E-state index contributed by atoms with van der Waals surface area (Å²) in [5.74, 6) is -9.24. The SMILES string of the molecule is CC(C)C[C@@H]1NC(=O)[C@H](CC(C)C)N(C)C(=O)[C@H](C(C)C)NC(=O)[C@H](CC(C)C)N(C)C(=O)N(C)C(=O)[C@H](C(C)C)NC(=O)[C@H](CO)N(C)C(=O)[C@H](CC(C)C)N(C)C(=O)[C@H](C)NC(=O)[C@H](CC(C)C)N(C)C(=O)[C@@H](C)NC1=O. The molecule has 1 aliphatic heterocycles. The first-order valence-corrected chi connectivity index (χ1v) is 28.1. The van der Waals surface area contributed by atoms with E-state index in [1.165, 1.54) is 65.9 Å². The Morgan fingerprint density at radius 3 is 1.05 bits per heavy atom. The quantitative estimate of drug-likeness (QED) is 0.155. The minimum atomic E-state index is -1.59. The van der Waals surface area contributed by atoms with E-state index in [1.54, 1.807) is 27.7 Å². The summed E-state index contributed by atoms with van der Waals surface area (Å²) in [7, 11) is 8.02. The van der Waals surface area contributed by atoms with Gasteiger partial charge in [0.05, 0.1) is 6.61 Å². The first-order chi connectivity index (χ1) is 36.3. The van der Waals surface area contributed by atoms with Crippen LogP contribution < -0.4 is 26.6 Å². The molecule has 0 aromatic rings. The van der Waals surface area contributed by atoms with E-state index in [2.05, 4.69) is 26.6 Å². The van der Waals surface area contributed by atoms with Crippen LogP contribution in [0, 0.1) is 41.4 Å². The second-order valence-electron chi connectivity index (χ2n) is 24.5. The van der Waals surface area contributed by atoms with Crippen molar-refractivity contribution in [2.24, 2.45) is 41.4 Å². The van der Waals surface area contributed by atoms with Gasteiger partial charge in [0.1, 0.15) is 60.4 Å². The van der Waals surface area contributed by atoms with Gasteiger partial charge in [-0.3, -0.25) is 52.8 Å². The number of imide groups is 1. The summed E-state index contributed by atoms with van der Waals surface area (Å²) >= 11 is 0. The van der Waals surface area contributed by atoms with Gasteiger partial charge in [-0.15, -0.1) is 0 Å². The molecule has 1 saturated heterocycles. The van der Waals surface area contributed by atoms with Gasteiger partial charge in [-0.1, -0.05) is 96.9 Å². The molecular weight excluding hydrogens is 1020 g/mol. The van der Waals surface area contributed by atoms with Crippen LogP contribution in [0.2, 0.25) is 0 Å². The molecule has 0 aromatic carbocycles. The molecule has 1 rings (SSSR count). The molecule has 1 aliphatic rings. The zero-order chi connectivity index (χ0) is 61.4. The first-order valence-electron chi connectivity index (χ1n) is 28.1. The van der Waals surface area contributed by atoms with Crippen molar-refractivity contribution in [3.8, 4) is 0 Å². The van der Waals surface area contributed by atoms with Crippen molar-refractivity contribution in [1.82, 2.24) is 56.0 Å². The van der Waals surface area contributed by atoms with Crippen molar-refractivity contribution in [1.29, 1.82) is 0 Å². The van der Waals surface area contributed by atoms with Crippen molar-refractivity contribution in [3.63, 3.8) is 0 Å². The number of nitrogens with one attached hydrogen (secondary N) is 5. The molecule has 1 heterocycles. The van der Waals surface area contributed by atoms with Crippen LogP contribution in [0.4, 0.5) is 4.79 Å². The number of hydrogen-bond acceptors (Lipinski definition) is 12. The summed E-state index contributed by atoms with van der Waals surface area (Å²) in [5.41, 5.74) is 0. The molecule has 0 unspecified atom stereocenters. The van der Waals surface area contributed by atoms with Gasteiger partial charge in [0.15, 0.2) is 0 Å². The molecule has 0 bridgehead atoms. The fraction of sp³-hybridized carbons (Fsp3) is 0.804. The van der Waals surface area contributed by atoms with E-state index in [4.69, 9.17) is 0 Å². The van der Waals surface area contributed by atoms with Crippen LogP contribution in [0.1, 0.15) is 143 Å². The number of carbonyl (C=O) groups is 11. The van der Waals surface area contributed by atoms with E-state index in [0.717, 1.165) is 19.6 Å². The van der Waals surface area contributed by atoms with Gasteiger partial charge in [0.2, 0.25) is 53.2 Å². The van der Waals surface area contributed by atoms with Gasteiger partial charge < -0.3 is 56.2 Å². The van der Waals surface area contributed by atoms with Gasteiger partial charge in [-0.25, -0.2) is 4.79 Å². The number of urea groups is 1. The maximum atomic E-state index is 14.6. The Labute approximate surface area is 471 Å². The van der Waals surface area contributed by atoms with Gasteiger partial charge in [0, 0.05) is 42.3 Å². The molecule has 0 spiro atoms. The van der Waals surface area contributed by atoms with E-state index in [9.17, 15) is 57.8 Å². The molecule has 6 N–H and O–H groups in total. The number of rotatable bonds is 13. The lowest BCUT2D eigenvalue weighted by Crippen LogP contribution is -2.62. The highest BCUT2D eigenvalue weighted by molar-refractivity contribution is 6.02. The second-order valence-corrected chi connectivity index (χ2v) is 24.5. The maximum absolute atomic E-state index is 14.6. The van der Waals surface area contributed by atoms with Crippen molar-refractivity contribution in [2.75, 3.05) is 48.9 Å². The highest BCUT2D eigenvalue weighted by Gasteiger charge is 2.43. The average molecular weight is 1120 g/mol. The minimum absolute atomic E-state index is 0.0939. The standard InChI is InChI=1S/C56H101N11O12/c1-29(2)23-38-46(69)57-36(15)51(74)62(17)39(24-30(3)4)47(70)58-37(16)52(75)64(19)42(27-33(9)10)53(76)65(20)43(28-68)50(73)61-45(35(13)14)55(78)67(22)56(79)66(21)41(26-32(7)8)49(72)60-44(34(11)12)54(77)63(18)40(25-31(5)6)48(71)59-38/h29-45,68H,23-28H2,1-22H3,(H,57,69)(H,58,70)(H,59,71)(H,60,72)(H,61,73)/t36-,37+,38+,39+,40+,41+,42+,43+,44+,45+/m1/s1. The van der Waals surface area contributed by atoms with E-state index in [1.807, 2.05) is 69.2 Å². The topological polar surface area (TPSA) is 288 Å². The van der Waals surface area contributed by atoms with Gasteiger partial charge >= 0.3 is 6.03 Å². The van der Waals surface area contributed by atoms with Crippen molar-refractivity contribution >= 4 is 65.1 Å². The van der Waals surface area contributed by atoms with Crippen LogP contribution in [0.25, 0.3) is 0 Å². The second kappa shape index (κ2) is 31.8. The lowest BCUT2D eigenvalue weighted by Gasteiger charge is -2.37. The van der Waals surface area contributed by atoms with Crippen molar-refractivity contribution in [2.45, 2.75) is 203 Å². The van der Waals surface area contributed by atoms with Crippen LogP contribution in [0.3, 0.4) is 0 Å². The number of aliphatic hydroxyl groups is 1. The van der Waals surface area contributed by atoms with Crippen LogP contribution in [0.15, 0.2) is 0 Å². The summed E-state index contributed by atoms with van der Waals surface area (Å²) in [4.78, 5) is 164. The predicted octanol–water partition coefficient (Wildman–Crippen LogP) is 2.19. The summed E-state index contributed by atoms with van der Waals surface area (Å²) in [6.07, 6.45) is 0.635. The molecule has 1 fully saturated rings. The molecule has 0 aliphatic carbocycles. The summed E-state index contributed by atoms with van der Waals surface area (Å²) in [6, 6.07) is -13.5. The number of aliphatic hydroxyl groups excluding tert-OH is 1. The number of likely N-dealkylation sites (N-methyl/N-ethyl adjacent to an activating group) is 6. The van der Waals surface area contributed by atoms with Crippen molar-refractivity contribution < 1.29 is 57.8 Å². The van der Waals surface area contributed by atoms with Gasteiger partial charge in [-0.2, -0.15) is 0 Å². The third kappa shape index (κ3) is 20.3. The number of carbonyl (C=O) groups excluding carboxylic acids is 11. The Morgan fingerprint density at radius 1 is 0.354 bits per heavy atom. The number of hydrogen-bond donors (Lipinski definition) is 6. The van der Waals surface area contributed by atoms with E-state index in [-0.39, 0.29) is 61.7 Å². The van der Waals surface area contributed by atoms with Crippen LogP contribution >= 0.6 is 0 Å². The molecule has 10 atom stereocenters. The monoisotopic (exact) mass is 1120 g/mol. The van der Waals surface area contributed by atoms with Crippen molar-refractivity contribution in [3.05, 3.63) is 0 Å². The van der Waals surface area contributed by atoms with E-state index >= 15 is 0 Å². The molecule has 0 radical (unpaired) electrons. The third-order valence-corrected chi connectivity index (χ3v) is 14.4. The Bertz CT molecular complexity index is 2130. The van der Waals surface area contributed by atoms with Gasteiger partial charge in [-0.05, 0) is 87.4 Å². The summed E-state index contributed by atoms with van der Waals surface area (Å²) < 4.78 is 0. The average Bonchev–Trinajstić information content (AvgIpc) is 3.35. The van der Waals surface area contributed by atoms with Gasteiger partial charge in [0.25, 0.3) is 5.91 Å². The Hall–Kier alpha value is -5.87. The van der Waals surface area contributed by atoms with E-state index in [0.29, 0.717) is 0 Å². The molecule has 0 saturated carbocycles. The number of amides is 12. The molecule has 79 heavy (non-hydrogen) atoms. The fourth-order valence-electron chi connectivity index (χ4n) is 9.51. The largest absolute Gasteiger partial charge is 0.394 e. The Balaban J connectivity index is 4.19. The molecule has 452 valence electrons. The predicted molar refractivity (Wildman–Crippen MR) is 301 cm³/mol. The summed E-state index contributed by atoms with van der Waals surface area (Å²) in [5, 5.41) is 24.4. The maximum Gasteiger partial charge on any atom is 0.326 e. The first kappa shape index (κ1) is 71.1. The van der Waals surface area contributed by atoms with E-state index < -0.39 is 144 Å². The molecular formula is C56H101N11O12. The summed E-state index contributed by atoms with van der Waals surface area (Å²) in [6.45, 7) is 27.1. The lowest BCUT2D eigenvalue weighted by molar-refractivity contribution is -0.150. The highest BCUT2D eigenvalue weighted by Crippen LogP contribution is 2.21. The Kier molecular flexibility index (Phi) is 28.6.